The summed E-state index contributed by atoms with van der Waals surface area (Å²) in [5, 5.41) is 0. The van der Waals surface area contributed by atoms with Crippen molar-refractivity contribution in [1.29, 1.82) is 0 Å². The predicted octanol–water partition coefficient (Wildman–Crippen LogP) is 3.18. The number of hydrogen-bond donors (Lipinski definition) is 1. The van der Waals surface area contributed by atoms with Crippen LogP contribution in [0.2, 0.25) is 0 Å². The lowest BCUT2D eigenvalue weighted by Gasteiger charge is -2.50. The zero-order valence-corrected chi connectivity index (χ0v) is 13.6. The average Bonchev–Trinajstić information content (AvgIpc) is 2.94. The van der Waals surface area contributed by atoms with Crippen molar-refractivity contribution in [2.75, 3.05) is 32.8 Å². The molecule has 0 aliphatic heterocycles. The number of nitrogens with two attached hydrogens (primary N) is 1. The fourth-order valence-electron chi connectivity index (χ4n) is 4.57. The standard InChI is InChI=1S/C17H34N2O/c1-3-19(13-14-20-4-2)17(15-18)11-9-16(10-12-17)7-5-6-8-16/h3-15,18H2,1-2H3. The number of rotatable bonds is 7. The Morgan fingerprint density at radius 1 is 1.00 bits per heavy atom. The first-order chi connectivity index (χ1) is 9.70. The molecule has 2 aliphatic rings. The minimum atomic E-state index is 0.250. The third kappa shape index (κ3) is 3.37. The maximum absolute atomic E-state index is 6.22. The van der Waals surface area contributed by atoms with E-state index < -0.39 is 0 Å². The molecule has 3 nitrogen and oxygen atoms in total. The molecule has 2 N–H and O–H groups in total. The molecule has 0 unspecified atom stereocenters. The van der Waals surface area contributed by atoms with Gasteiger partial charge in [-0.2, -0.15) is 0 Å². The minimum absolute atomic E-state index is 0.250. The van der Waals surface area contributed by atoms with Gasteiger partial charge in [0.15, 0.2) is 0 Å². The fraction of sp³-hybridized carbons (Fsp3) is 1.00. The van der Waals surface area contributed by atoms with E-state index in [4.69, 9.17) is 10.5 Å². The summed E-state index contributed by atoms with van der Waals surface area (Å²) in [5.41, 5.74) is 7.17. The van der Waals surface area contributed by atoms with Crippen molar-refractivity contribution in [3.8, 4) is 0 Å². The Morgan fingerprint density at radius 2 is 1.65 bits per heavy atom. The van der Waals surface area contributed by atoms with Crippen molar-refractivity contribution in [1.82, 2.24) is 4.90 Å². The molecule has 2 rings (SSSR count). The lowest BCUT2D eigenvalue weighted by molar-refractivity contribution is -0.000849. The molecule has 0 amide bonds. The van der Waals surface area contributed by atoms with Crippen LogP contribution in [0.4, 0.5) is 0 Å². The second-order valence-corrected chi connectivity index (χ2v) is 6.91. The highest BCUT2D eigenvalue weighted by Crippen LogP contribution is 2.52. The summed E-state index contributed by atoms with van der Waals surface area (Å²) in [6, 6.07) is 0. The first kappa shape index (κ1) is 16.3. The molecule has 118 valence electrons. The van der Waals surface area contributed by atoms with Crippen LogP contribution < -0.4 is 5.73 Å². The maximum atomic E-state index is 6.22. The summed E-state index contributed by atoms with van der Waals surface area (Å²) in [6.07, 6.45) is 11.2. The Labute approximate surface area is 125 Å². The summed E-state index contributed by atoms with van der Waals surface area (Å²) < 4.78 is 5.56. The van der Waals surface area contributed by atoms with Gasteiger partial charge in [0.25, 0.3) is 0 Å². The molecule has 3 heteroatoms. The van der Waals surface area contributed by atoms with Gasteiger partial charge >= 0.3 is 0 Å². The van der Waals surface area contributed by atoms with Crippen molar-refractivity contribution < 1.29 is 4.74 Å². The Morgan fingerprint density at radius 3 is 2.15 bits per heavy atom. The van der Waals surface area contributed by atoms with E-state index >= 15 is 0 Å². The summed E-state index contributed by atoms with van der Waals surface area (Å²) in [5.74, 6) is 0. The van der Waals surface area contributed by atoms with Gasteiger partial charge in [-0.3, -0.25) is 4.90 Å². The van der Waals surface area contributed by atoms with Crippen molar-refractivity contribution in [3.63, 3.8) is 0 Å². The first-order valence-corrected chi connectivity index (χ1v) is 8.73. The van der Waals surface area contributed by atoms with E-state index in [2.05, 4.69) is 18.7 Å². The third-order valence-electron chi connectivity index (χ3n) is 6.05. The Balaban J connectivity index is 1.95. The smallest absolute Gasteiger partial charge is 0.0593 e. The molecule has 20 heavy (non-hydrogen) atoms. The highest BCUT2D eigenvalue weighted by Gasteiger charge is 2.45. The molecule has 0 bridgehead atoms. The number of nitrogens with zero attached hydrogens (tertiary/aromatic N) is 1. The Kier molecular flexibility index (Phi) is 5.88. The van der Waals surface area contributed by atoms with Gasteiger partial charge in [-0.05, 0) is 57.4 Å². The summed E-state index contributed by atoms with van der Waals surface area (Å²) in [6.45, 7) is 8.94. The molecular formula is C17H34N2O. The largest absolute Gasteiger partial charge is 0.380 e. The topological polar surface area (TPSA) is 38.5 Å². The van der Waals surface area contributed by atoms with Crippen LogP contribution in [-0.2, 0) is 4.74 Å². The highest BCUT2D eigenvalue weighted by atomic mass is 16.5. The third-order valence-corrected chi connectivity index (χ3v) is 6.05. The van der Waals surface area contributed by atoms with E-state index in [-0.39, 0.29) is 5.54 Å². The van der Waals surface area contributed by atoms with E-state index in [9.17, 15) is 0 Å². The summed E-state index contributed by atoms with van der Waals surface area (Å²) in [4.78, 5) is 2.60. The van der Waals surface area contributed by atoms with E-state index in [0.29, 0.717) is 5.41 Å². The SMILES string of the molecule is CCOCCN(CC)C1(CN)CCC2(CCCC2)CC1. The zero-order chi connectivity index (χ0) is 14.5. The van der Waals surface area contributed by atoms with Crippen LogP contribution in [0.5, 0.6) is 0 Å². The van der Waals surface area contributed by atoms with E-state index in [1.54, 1.807) is 0 Å². The normalized spacial score (nSPS) is 24.6. The fourth-order valence-corrected chi connectivity index (χ4v) is 4.57. The van der Waals surface area contributed by atoms with Gasteiger partial charge in [0.1, 0.15) is 0 Å². The lowest BCUT2D eigenvalue weighted by Crippen LogP contribution is -2.57. The molecule has 0 saturated heterocycles. The van der Waals surface area contributed by atoms with Crippen LogP contribution in [0, 0.1) is 5.41 Å². The molecule has 0 aromatic carbocycles. The average molecular weight is 282 g/mol. The van der Waals surface area contributed by atoms with Crippen LogP contribution >= 0.6 is 0 Å². The molecule has 0 heterocycles. The molecular weight excluding hydrogens is 248 g/mol. The van der Waals surface area contributed by atoms with Crippen LogP contribution in [0.3, 0.4) is 0 Å². The van der Waals surface area contributed by atoms with Crippen LogP contribution in [0.15, 0.2) is 0 Å². The van der Waals surface area contributed by atoms with E-state index in [1.807, 2.05) is 0 Å². The minimum Gasteiger partial charge on any atom is -0.380 e. The number of ether oxygens (including phenoxy) is 1. The first-order valence-electron chi connectivity index (χ1n) is 8.73. The van der Waals surface area contributed by atoms with Crippen molar-refractivity contribution in [3.05, 3.63) is 0 Å². The van der Waals surface area contributed by atoms with E-state index in [1.165, 1.54) is 51.4 Å². The van der Waals surface area contributed by atoms with Crippen molar-refractivity contribution >= 4 is 0 Å². The Hall–Kier alpha value is -0.120. The number of likely N-dealkylation sites (N-methyl/N-ethyl adjacent to an activating group) is 1. The van der Waals surface area contributed by atoms with E-state index in [0.717, 1.165) is 32.8 Å². The van der Waals surface area contributed by atoms with Crippen LogP contribution in [0.25, 0.3) is 0 Å². The predicted molar refractivity (Wildman–Crippen MR) is 84.9 cm³/mol. The molecule has 0 atom stereocenters. The summed E-state index contributed by atoms with van der Waals surface area (Å²) >= 11 is 0. The monoisotopic (exact) mass is 282 g/mol. The highest BCUT2D eigenvalue weighted by molar-refractivity contribution is 5.01. The molecule has 0 radical (unpaired) electrons. The van der Waals surface area contributed by atoms with Crippen LogP contribution in [-0.4, -0.2) is 43.3 Å². The van der Waals surface area contributed by atoms with Crippen molar-refractivity contribution in [2.45, 2.75) is 70.8 Å². The zero-order valence-electron chi connectivity index (χ0n) is 13.6. The molecule has 0 aromatic heterocycles. The van der Waals surface area contributed by atoms with Crippen LogP contribution in [0.1, 0.15) is 65.2 Å². The molecule has 0 aromatic rings. The van der Waals surface area contributed by atoms with Gasteiger partial charge in [-0.15, -0.1) is 0 Å². The molecule has 2 saturated carbocycles. The quantitative estimate of drug-likeness (QED) is 0.729. The second-order valence-electron chi connectivity index (χ2n) is 6.91. The summed E-state index contributed by atoms with van der Waals surface area (Å²) in [7, 11) is 0. The number of hydrogen-bond acceptors (Lipinski definition) is 3. The molecule has 2 aliphatic carbocycles. The lowest BCUT2D eigenvalue weighted by atomic mass is 9.66. The second kappa shape index (κ2) is 7.24. The Bertz CT molecular complexity index is 277. The van der Waals surface area contributed by atoms with Gasteiger partial charge in [0, 0.05) is 25.2 Å². The maximum Gasteiger partial charge on any atom is 0.0593 e. The van der Waals surface area contributed by atoms with Crippen molar-refractivity contribution in [2.24, 2.45) is 11.1 Å². The molecule has 2 fully saturated rings. The van der Waals surface area contributed by atoms with Gasteiger partial charge in [0.2, 0.25) is 0 Å². The molecule has 1 spiro atoms. The van der Waals surface area contributed by atoms with Gasteiger partial charge in [-0.25, -0.2) is 0 Å². The van der Waals surface area contributed by atoms with Gasteiger partial charge < -0.3 is 10.5 Å². The van der Waals surface area contributed by atoms with Gasteiger partial charge in [0.05, 0.1) is 6.61 Å². The van der Waals surface area contributed by atoms with Gasteiger partial charge in [-0.1, -0.05) is 19.8 Å².